The maximum absolute atomic E-state index is 13.0. The zero-order chi connectivity index (χ0) is 20.6. The van der Waals surface area contributed by atoms with Crippen molar-refractivity contribution in [3.05, 3.63) is 47.7 Å². The van der Waals surface area contributed by atoms with E-state index in [0.29, 0.717) is 24.5 Å². The summed E-state index contributed by atoms with van der Waals surface area (Å²) in [6, 6.07) is 9.30. The van der Waals surface area contributed by atoms with Gasteiger partial charge in [-0.05, 0) is 69.9 Å². The van der Waals surface area contributed by atoms with E-state index in [1.807, 2.05) is 51.1 Å². The quantitative estimate of drug-likeness (QED) is 0.717. The third-order valence-corrected chi connectivity index (χ3v) is 5.10. The molecule has 1 unspecified atom stereocenters. The number of ether oxygens (including phenoxy) is 2. The van der Waals surface area contributed by atoms with Gasteiger partial charge in [-0.3, -0.25) is 4.79 Å². The minimum Gasteiger partial charge on any atom is -0.490 e. The predicted octanol–water partition coefficient (Wildman–Crippen LogP) is 4.36. The molecule has 0 bridgehead atoms. The Morgan fingerprint density at radius 3 is 2.55 bits per heavy atom. The number of aromatic nitrogens is 1. The van der Waals surface area contributed by atoms with E-state index in [0.717, 1.165) is 43.1 Å². The zero-order valence-corrected chi connectivity index (χ0v) is 17.6. The molecule has 1 fully saturated rings. The van der Waals surface area contributed by atoms with Crippen molar-refractivity contribution < 1.29 is 14.3 Å². The molecule has 0 saturated carbocycles. The fourth-order valence-corrected chi connectivity index (χ4v) is 3.63. The second kappa shape index (κ2) is 10.1. The Balaban J connectivity index is 1.76. The van der Waals surface area contributed by atoms with Crippen LogP contribution in [0.15, 0.2) is 36.5 Å². The number of benzene rings is 1. The Bertz CT molecular complexity index is 819. The molecule has 2 aromatic rings. The van der Waals surface area contributed by atoms with Crippen LogP contribution in [0.4, 0.5) is 5.82 Å². The van der Waals surface area contributed by atoms with Gasteiger partial charge in [-0.15, -0.1) is 0 Å². The molecule has 1 amide bonds. The molecule has 2 heterocycles. The summed E-state index contributed by atoms with van der Waals surface area (Å²) in [6.45, 7) is 8.89. The summed E-state index contributed by atoms with van der Waals surface area (Å²) >= 11 is 0. The number of nitrogens with zero attached hydrogens (tertiary/aromatic N) is 2. The summed E-state index contributed by atoms with van der Waals surface area (Å²) < 4.78 is 11.3. The van der Waals surface area contributed by atoms with Crippen molar-refractivity contribution in [2.75, 3.05) is 31.2 Å². The number of hydrogen-bond donors (Lipinski definition) is 1. The lowest BCUT2D eigenvalue weighted by Gasteiger charge is -2.29. The Hall–Kier alpha value is -2.76. The monoisotopic (exact) mass is 397 g/mol. The van der Waals surface area contributed by atoms with Gasteiger partial charge in [0.1, 0.15) is 5.82 Å². The number of piperidine rings is 1. The van der Waals surface area contributed by atoms with Crippen LogP contribution in [0.25, 0.3) is 0 Å². The van der Waals surface area contributed by atoms with Crippen molar-refractivity contribution in [1.29, 1.82) is 0 Å². The van der Waals surface area contributed by atoms with Crippen LogP contribution in [0.3, 0.4) is 0 Å². The number of pyridine rings is 1. The predicted molar refractivity (Wildman–Crippen MR) is 115 cm³/mol. The van der Waals surface area contributed by atoms with Crippen molar-refractivity contribution in [3.8, 4) is 11.5 Å². The van der Waals surface area contributed by atoms with Crippen LogP contribution in [-0.4, -0.2) is 37.2 Å². The molecule has 1 N–H and O–H groups in total. The van der Waals surface area contributed by atoms with E-state index < -0.39 is 0 Å². The van der Waals surface area contributed by atoms with Crippen molar-refractivity contribution in [3.63, 3.8) is 0 Å². The minimum absolute atomic E-state index is 0.113. The van der Waals surface area contributed by atoms with E-state index in [1.165, 1.54) is 6.42 Å². The first kappa shape index (κ1) is 21.0. The molecule has 1 aliphatic rings. The fourth-order valence-electron chi connectivity index (χ4n) is 3.63. The Morgan fingerprint density at radius 2 is 1.83 bits per heavy atom. The first-order valence-electron chi connectivity index (χ1n) is 10.5. The molecule has 1 aliphatic heterocycles. The lowest BCUT2D eigenvalue weighted by Crippen LogP contribution is -2.34. The summed E-state index contributed by atoms with van der Waals surface area (Å²) in [7, 11) is 0. The molecule has 0 aliphatic carbocycles. The first-order valence-corrected chi connectivity index (χ1v) is 10.5. The van der Waals surface area contributed by atoms with Gasteiger partial charge < -0.3 is 19.7 Å². The fraction of sp³-hybridized carbons (Fsp3) is 0.478. The first-order chi connectivity index (χ1) is 14.1. The SMILES string of the molecule is CCOc1ccc(C(C)NC(=O)c2cccnc2N2CCCCC2)cc1OCC. The molecule has 1 saturated heterocycles. The highest BCUT2D eigenvalue weighted by atomic mass is 16.5. The van der Waals surface area contributed by atoms with E-state index in [1.54, 1.807) is 6.20 Å². The van der Waals surface area contributed by atoms with Gasteiger partial charge in [0.15, 0.2) is 11.5 Å². The van der Waals surface area contributed by atoms with Gasteiger partial charge in [0, 0.05) is 19.3 Å². The topological polar surface area (TPSA) is 63.7 Å². The summed E-state index contributed by atoms with van der Waals surface area (Å²) in [5.41, 5.74) is 1.59. The van der Waals surface area contributed by atoms with Crippen LogP contribution < -0.4 is 19.7 Å². The molecule has 1 aromatic heterocycles. The Labute approximate surface area is 173 Å². The number of nitrogens with one attached hydrogen (secondary N) is 1. The van der Waals surface area contributed by atoms with E-state index in [4.69, 9.17) is 9.47 Å². The maximum atomic E-state index is 13.0. The Morgan fingerprint density at radius 1 is 1.10 bits per heavy atom. The molecular weight excluding hydrogens is 366 g/mol. The maximum Gasteiger partial charge on any atom is 0.255 e. The van der Waals surface area contributed by atoms with Gasteiger partial charge >= 0.3 is 0 Å². The smallest absolute Gasteiger partial charge is 0.255 e. The minimum atomic E-state index is -0.174. The van der Waals surface area contributed by atoms with Crippen molar-refractivity contribution >= 4 is 11.7 Å². The highest BCUT2D eigenvalue weighted by molar-refractivity contribution is 5.99. The molecule has 156 valence electrons. The highest BCUT2D eigenvalue weighted by Gasteiger charge is 2.21. The van der Waals surface area contributed by atoms with Crippen LogP contribution in [-0.2, 0) is 0 Å². The number of rotatable bonds is 8. The molecule has 3 rings (SSSR count). The van der Waals surface area contributed by atoms with E-state index in [-0.39, 0.29) is 11.9 Å². The van der Waals surface area contributed by atoms with Crippen molar-refractivity contribution in [1.82, 2.24) is 10.3 Å². The van der Waals surface area contributed by atoms with Crippen LogP contribution in [0.1, 0.15) is 62.0 Å². The van der Waals surface area contributed by atoms with Crippen LogP contribution in [0.5, 0.6) is 11.5 Å². The molecule has 6 nitrogen and oxygen atoms in total. The van der Waals surface area contributed by atoms with E-state index in [9.17, 15) is 4.79 Å². The largest absolute Gasteiger partial charge is 0.490 e. The van der Waals surface area contributed by atoms with E-state index >= 15 is 0 Å². The molecule has 0 radical (unpaired) electrons. The molecule has 6 heteroatoms. The number of amides is 1. The van der Waals surface area contributed by atoms with Gasteiger partial charge in [0.2, 0.25) is 0 Å². The average molecular weight is 398 g/mol. The average Bonchev–Trinajstić information content (AvgIpc) is 2.76. The molecule has 1 atom stereocenters. The van der Waals surface area contributed by atoms with Crippen LogP contribution in [0.2, 0.25) is 0 Å². The summed E-state index contributed by atoms with van der Waals surface area (Å²) in [5, 5.41) is 3.11. The third-order valence-electron chi connectivity index (χ3n) is 5.10. The second-order valence-electron chi connectivity index (χ2n) is 7.19. The molecule has 1 aromatic carbocycles. The highest BCUT2D eigenvalue weighted by Crippen LogP contribution is 2.31. The molecule has 0 spiro atoms. The lowest BCUT2D eigenvalue weighted by atomic mass is 10.1. The van der Waals surface area contributed by atoms with Gasteiger partial charge in [-0.2, -0.15) is 0 Å². The van der Waals surface area contributed by atoms with Crippen LogP contribution >= 0.6 is 0 Å². The molecule has 29 heavy (non-hydrogen) atoms. The number of carbonyl (C=O) groups is 1. The van der Waals surface area contributed by atoms with Gasteiger partial charge in [-0.1, -0.05) is 6.07 Å². The normalized spacial score (nSPS) is 14.9. The van der Waals surface area contributed by atoms with Crippen molar-refractivity contribution in [2.45, 2.75) is 46.1 Å². The van der Waals surface area contributed by atoms with Crippen LogP contribution in [0, 0.1) is 0 Å². The Kier molecular flexibility index (Phi) is 7.33. The summed E-state index contributed by atoms with van der Waals surface area (Å²) in [4.78, 5) is 19.8. The molecular formula is C23H31N3O3. The summed E-state index contributed by atoms with van der Waals surface area (Å²) in [5.74, 6) is 2.08. The number of hydrogen-bond acceptors (Lipinski definition) is 5. The number of carbonyl (C=O) groups excluding carboxylic acids is 1. The second-order valence-corrected chi connectivity index (χ2v) is 7.19. The van der Waals surface area contributed by atoms with Gasteiger partial charge in [0.25, 0.3) is 5.91 Å². The van der Waals surface area contributed by atoms with Crippen molar-refractivity contribution in [2.24, 2.45) is 0 Å². The number of anilines is 1. The zero-order valence-electron chi connectivity index (χ0n) is 17.6. The third kappa shape index (κ3) is 5.19. The van der Waals surface area contributed by atoms with E-state index in [2.05, 4.69) is 15.2 Å². The standard InChI is InChI=1S/C23H31N3O3/c1-4-28-20-12-11-18(16-21(20)29-5-2)17(3)25-23(27)19-10-9-13-24-22(19)26-14-7-6-8-15-26/h9-13,16-17H,4-8,14-15H2,1-3H3,(H,25,27). The lowest BCUT2D eigenvalue weighted by molar-refractivity contribution is 0.0940. The van der Waals surface area contributed by atoms with Gasteiger partial charge in [0.05, 0.1) is 24.8 Å². The summed E-state index contributed by atoms with van der Waals surface area (Å²) in [6.07, 6.45) is 5.27. The van der Waals surface area contributed by atoms with Gasteiger partial charge in [-0.25, -0.2) is 4.98 Å².